The van der Waals surface area contributed by atoms with Crippen molar-refractivity contribution in [1.82, 2.24) is 14.4 Å². The Kier molecular flexibility index (Phi) is 2.18. The molecule has 0 unspecified atom stereocenters. The van der Waals surface area contributed by atoms with Crippen LogP contribution in [-0.2, 0) is 0 Å². The SMILES string of the molecule is Cc1ccc(-c2cn3cccnc3n2)c(C)c1. The lowest BCUT2D eigenvalue weighted by Gasteiger charge is -2.02. The molecule has 0 aliphatic carbocycles. The standard InChI is InChI=1S/C14H13N3/c1-10-4-5-12(11(2)8-10)13-9-17-7-3-6-15-14(17)16-13/h3-9H,1-2H3. The average molecular weight is 223 g/mol. The van der Waals surface area contributed by atoms with Gasteiger partial charge in [-0.15, -0.1) is 0 Å². The van der Waals surface area contributed by atoms with Crippen LogP contribution in [0.25, 0.3) is 17.0 Å². The highest BCUT2D eigenvalue weighted by atomic mass is 15.1. The number of hydrogen-bond acceptors (Lipinski definition) is 2. The van der Waals surface area contributed by atoms with E-state index in [1.165, 1.54) is 16.7 Å². The van der Waals surface area contributed by atoms with Crippen molar-refractivity contribution in [2.45, 2.75) is 13.8 Å². The molecule has 3 nitrogen and oxygen atoms in total. The van der Waals surface area contributed by atoms with Crippen LogP contribution in [0.15, 0.2) is 42.9 Å². The molecule has 0 aliphatic heterocycles. The van der Waals surface area contributed by atoms with Gasteiger partial charge in [0.2, 0.25) is 5.78 Å². The Hall–Kier alpha value is -2.16. The monoisotopic (exact) mass is 223 g/mol. The third-order valence-corrected chi connectivity index (χ3v) is 2.89. The molecule has 0 saturated heterocycles. The molecule has 0 radical (unpaired) electrons. The summed E-state index contributed by atoms with van der Waals surface area (Å²) < 4.78 is 1.94. The molecule has 0 aliphatic rings. The third kappa shape index (κ3) is 1.69. The van der Waals surface area contributed by atoms with Gasteiger partial charge in [0, 0.05) is 24.2 Å². The van der Waals surface area contributed by atoms with Crippen LogP contribution in [0, 0.1) is 13.8 Å². The van der Waals surface area contributed by atoms with Crippen LogP contribution in [0.5, 0.6) is 0 Å². The van der Waals surface area contributed by atoms with Gasteiger partial charge in [0.25, 0.3) is 0 Å². The lowest BCUT2D eigenvalue weighted by atomic mass is 10.0. The van der Waals surface area contributed by atoms with Gasteiger partial charge in [-0.25, -0.2) is 9.97 Å². The maximum absolute atomic E-state index is 4.53. The Morgan fingerprint density at radius 2 is 2.06 bits per heavy atom. The molecule has 0 bridgehead atoms. The second-order valence-electron chi connectivity index (χ2n) is 4.27. The average Bonchev–Trinajstić information content (AvgIpc) is 2.72. The summed E-state index contributed by atoms with van der Waals surface area (Å²) in [5.74, 6) is 0.738. The number of nitrogens with zero attached hydrogens (tertiary/aromatic N) is 3. The minimum Gasteiger partial charge on any atom is -0.291 e. The molecule has 0 spiro atoms. The van der Waals surface area contributed by atoms with Gasteiger partial charge in [0.15, 0.2) is 0 Å². The normalized spacial score (nSPS) is 10.9. The predicted molar refractivity (Wildman–Crippen MR) is 67.9 cm³/mol. The zero-order valence-electron chi connectivity index (χ0n) is 9.88. The van der Waals surface area contributed by atoms with E-state index in [0.29, 0.717) is 0 Å². The van der Waals surface area contributed by atoms with Crippen LogP contribution in [0.4, 0.5) is 0 Å². The van der Waals surface area contributed by atoms with Crippen LogP contribution in [0.2, 0.25) is 0 Å². The van der Waals surface area contributed by atoms with Gasteiger partial charge in [-0.1, -0.05) is 23.8 Å². The van der Waals surface area contributed by atoms with E-state index in [1.54, 1.807) is 6.20 Å². The molecule has 2 heterocycles. The number of imidazole rings is 1. The van der Waals surface area contributed by atoms with E-state index in [-0.39, 0.29) is 0 Å². The first kappa shape index (κ1) is 10.0. The van der Waals surface area contributed by atoms with E-state index >= 15 is 0 Å². The number of rotatable bonds is 1. The van der Waals surface area contributed by atoms with Crippen molar-refractivity contribution in [1.29, 1.82) is 0 Å². The summed E-state index contributed by atoms with van der Waals surface area (Å²) in [5, 5.41) is 0. The summed E-state index contributed by atoms with van der Waals surface area (Å²) in [6.07, 6.45) is 5.73. The minimum atomic E-state index is 0.738. The van der Waals surface area contributed by atoms with E-state index in [4.69, 9.17) is 0 Å². The second kappa shape index (κ2) is 3.70. The Morgan fingerprint density at radius 1 is 1.18 bits per heavy atom. The maximum atomic E-state index is 4.53. The highest BCUT2D eigenvalue weighted by Gasteiger charge is 2.07. The first-order valence-electron chi connectivity index (χ1n) is 5.61. The van der Waals surface area contributed by atoms with Crippen molar-refractivity contribution in [3.8, 4) is 11.3 Å². The fourth-order valence-corrected chi connectivity index (χ4v) is 2.06. The predicted octanol–water partition coefficient (Wildman–Crippen LogP) is 3.01. The van der Waals surface area contributed by atoms with Crippen molar-refractivity contribution in [3.63, 3.8) is 0 Å². The second-order valence-corrected chi connectivity index (χ2v) is 4.27. The Balaban J connectivity index is 2.20. The summed E-state index contributed by atoms with van der Waals surface area (Å²) in [7, 11) is 0. The number of benzene rings is 1. The molecule has 1 aromatic carbocycles. The fourth-order valence-electron chi connectivity index (χ4n) is 2.06. The van der Waals surface area contributed by atoms with Gasteiger partial charge in [-0.05, 0) is 25.5 Å². The van der Waals surface area contributed by atoms with Gasteiger partial charge >= 0.3 is 0 Å². The smallest absolute Gasteiger partial charge is 0.234 e. The molecule has 3 rings (SSSR count). The maximum Gasteiger partial charge on any atom is 0.234 e. The molecule has 0 amide bonds. The Morgan fingerprint density at radius 3 is 2.82 bits per heavy atom. The van der Waals surface area contributed by atoms with Crippen LogP contribution in [0.3, 0.4) is 0 Å². The summed E-state index contributed by atoms with van der Waals surface area (Å²) in [6.45, 7) is 4.21. The number of aromatic nitrogens is 3. The van der Waals surface area contributed by atoms with Gasteiger partial charge < -0.3 is 0 Å². The van der Waals surface area contributed by atoms with Crippen LogP contribution in [-0.4, -0.2) is 14.4 Å². The van der Waals surface area contributed by atoms with E-state index in [0.717, 1.165) is 11.5 Å². The van der Waals surface area contributed by atoms with Gasteiger partial charge in [0.05, 0.1) is 5.69 Å². The lowest BCUT2D eigenvalue weighted by molar-refractivity contribution is 1.11. The lowest BCUT2D eigenvalue weighted by Crippen LogP contribution is -1.84. The third-order valence-electron chi connectivity index (χ3n) is 2.89. The largest absolute Gasteiger partial charge is 0.291 e. The molecule has 0 N–H and O–H groups in total. The number of fused-ring (bicyclic) bond motifs is 1. The number of hydrogen-bond donors (Lipinski definition) is 0. The van der Waals surface area contributed by atoms with E-state index < -0.39 is 0 Å². The van der Waals surface area contributed by atoms with Crippen molar-refractivity contribution in [2.24, 2.45) is 0 Å². The van der Waals surface area contributed by atoms with Crippen molar-refractivity contribution in [3.05, 3.63) is 54.0 Å². The number of aryl methyl sites for hydroxylation is 2. The topological polar surface area (TPSA) is 30.2 Å². The summed E-state index contributed by atoms with van der Waals surface area (Å²) >= 11 is 0. The highest BCUT2D eigenvalue weighted by Crippen LogP contribution is 2.23. The molecule has 0 saturated carbocycles. The highest BCUT2D eigenvalue weighted by molar-refractivity contribution is 5.65. The Bertz CT molecular complexity index is 650. The first-order chi connectivity index (χ1) is 8.24. The van der Waals surface area contributed by atoms with Crippen LogP contribution < -0.4 is 0 Å². The van der Waals surface area contributed by atoms with Crippen LogP contribution >= 0.6 is 0 Å². The van der Waals surface area contributed by atoms with Crippen LogP contribution in [0.1, 0.15) is 11.1 Å². The minimum absolute atomic E-state index is 0.738. The molecular weight excluding hydrogens is 210 g/mol. The van der Waals surface area contributed by atoms with Crippen molar-refractivity contribution < 1.29 is 0 Å². The van der Waals surface area contributed by atoms with Crippen molar-refractivity contribution >= 4 is 5.78 Å². The summed E-state index contributed by atoms with van der Waals surface area (Å²) in [4.78, 5) is 8.75. The van der Waals surface area contributed by atoms with Gasteiger partial charge in [-0.3, -0.25) is 4.40 Å². The van der Waals surface area contributed by atoms with E-state index in [1.807, 2.05) is 22.9 Å². The molecular formula is C14H13N3. The molecule has 84 valence electrons. The quantitative estimate of drug-likeness (QED) is 0.634. The van der Waals surface area contributed by atoms with E-state index in [2.05, 4.69) is 42.0 Å². The molecule has 0 atom stereocenters. The molecule has 2 aromatic heterocycles. The first-order valence-corrected chi connectivity index (χ1v) is 5.61. The molecule has 3 heteroatoms. The van der Waals surface area contributed by atoms with Crippen molar-refractivity contribution in [2.75, 3.05) is 0 Å². The molecule has 0 fully saturated rings. The fraction of sp³-hybridized carbons (Fsp3) is 0.143. The van der Waals surface area contributed by atoms with Gasteiger partial charge in [-0.2, -0.15) is 0 Å². The summed E-state index contributed by atoms with van der Waals surface area (Å²) in [6, 6.07) is 8.31. The zero-order valence-corrected chi connectivity index (χ0v) is 9.88. The van der Waals surface area contributed by atoms with Gasteiger partial charge in [0.1, 0.15) is 0 Å². The molecule has 3 aromatic rings. The Labute approximate surface area is 99.8 Å². The zero-order chi connectivity index (χ0) is 11.8. The summed E-state index contributed by atoms with van der Waals surface area (Å²) in [5.41, 5.74) is 4.66. The van der Waals surface area contributed by atoms with E-state index in [9.17, 15) is 0 Å². The molecule has 17 heavy (non-hydrogen) atoms.